The van der Waals surface area contributed by atoms with E-state index in [1.54, 1.807) is 12.1 Å². The third-order valence-corrected chi connectivity index (χ3v) is 21.2. The summed E-state index contributed by atoms with van der Waals surface area (Å²) < 4.78 is 5.60. The standard InChI is InChI=1S/C63H75N5O7/c1-3-65-30-46-56-39(45-31-67-47-28-48(69)42-12-10-38-29-68-61-55(38)57(42)60(47)58(45)59(46)61)13-14-41-40(56)17-20-63(62(41)74)19-16-36(44-27-51(72)52(75-2)24-35(44)11-15-53(63)73)23-49(70)50(71)26-43(37-18-21-66-54(64)25-37)34-9-8-32-6-4-5-7-33(32)22-34/h4-9,18,22,24-25,27,29,36,39-43,45-47,49-50,56-60,62,65-68,70-72,74H,3,10-15,17,20-21,23,26,28,30-31,64H2,1-2H3/t36-,39+,40+,41-,42+,43-,45+,46-,47-,49-,50+,56-,57+,58+,59-,60+,62+,63+/m0/s1. The SMILES string of the molecule is CCNC[C@@H]1[C@@H]2c3[nH]cc4c3[C@@H]3[C@@H]5[C@@H]2[C@H](CN[C@H]5CC(=O)[C@H]3CC4)[C@H]2CC[C@H]3[C@@H](CC[C@@]4(C#C[C@@H](C[C@H](O)[C@H](O)C[C@H](C5=CCNC(N)=C5)c5ccc6ccccc6c5)c5cc(O)c(OC)cc5CCC4=O)[C@@H]3O)[C@H]21. The van der Waals surface area contributed by atoms with Crippen molar-refractivity contribution in [3.05, 3.63) is 118 Å². The molecule has 5 fully saturated rings. The lowest BCUT2D eigenvalue weighted by molar-refractivity contribution is -0.167. The molecular weight excluding hydrogens is 939 g/mol. The number of H-pyrrole nitrogens is 1. The predicted octanol–water partition coefficient (Wildman–Crippen LogP) is 6.98. The predicted molar refractivity (Wildman–Crippen MR) is 288 cm³/mol. The zero-order valence-corrected chi connectivity index (χ0v) is 43.4. The van der Waals surface area contributed by atoms with E-state index in [0.29, 0.717) is 90.3 Å². The number of hydrogen-bond donors (Lipinski definition) is 9. The second kappa shape index (κ2) is 19.2. The lowest BCUT2D eigenvalue weighted by atomic mass is 9.39. The molecule has 2 aliphatic heterocycles. The van der Waals surface area contributed by atoms with E-state index in [-0.39, 0.29) is 66.3 Å². The number of carbonyl (C=O) groups excluding carboxylic acids is 2. The third-order valence-electron chi connectivity index (χ3n) is 21.2. The molecule has 4 aromatic rings. The minimum Gasteiger partial charge on any atom is -0.504 e. The summed E-state index contributed by atoms with van der Waals surface area (Å²) in [5, 5.41) is 62.1. The number of aliphatic hydroxyl groups excluding tert-OH is 3. The van der Waals surface area contributed by atoms with Gasteiger partial charge in [-0.1, -0.05) is 67.3 Å². The number of aromatic amines is 1. The Morgan fingerprint density at radius 3 is 2.56 bits per heavy atom. The Balaban J connectivity index is 0.826. The number of phenolic OH excluding ortho intramolecular Hbond substituents is 1. The Morgan fingerprint density at radius 2 is 1.73 bits per heavy atom. The second-order valence-electron chi connectivity index (χ2n) is 24.3. The Labute approximate surface area is 440 Å². The maximum Gasteiger partial charge on any atom is 0.160 e. The summed E-state index contributed by atoms with van der Waals surface area (Å²) in [5.74, 6) is 10.6. The molecule has 7 aliphatic carbocycles. The van der Waals surface area contributed by atoms with Crippen LogP contribution in [-0.4, -0.2) is 94.6 Å². The molecule has 3 aromatic carbocycles. The highest BCUT2D eigenvalue weighted by Crippen LogP contribution is 2.69. The number of aliphatic hydroxyl groups is 3. The summed E-state index contributed by atoms with van der Waals surface area (Å²) >= 11 is 0. The molecule has 75 heavy (non-hydrogen) atoms. The quantitative estimate of drug-likeness (QED) is 0.0703. The molecule has 0 unspecified atom stereocenters. The lowest BCUT2D eigenvalue weighted by Gasteiger charge is -2.67. The summed E-state index contributed by atoms with van der Waals surface area (Å²) in [6, 6.07) is 18.1. The molecule has 0 radical (unpaired) electrons. The van der Waals surface area contributed by atoms with Gasteiger partial charge in [0.25, 0.3) is 0 Å². The lowest BCUT2D eigenvalue weighted by Crippen LogP contribution is -2.68. The van der Waals surface area contributed by atoms with Crippen LogP contribution in [0.2, 0.25) is 0 Å². The molecule has 394 valence electrons. The van der Waals surface area contributed by atoms with Gasteiger partial charge >= 0.3 is 0 Å². The van der Waals surface area contributed by atoms with Crippen molar-refractivity contribution >= 4 is 22.3 Å². The van der Waals surface area contributed by atoms with E-state index in [4.69, 9.17) is 10.5 Å². The minimum atomic E-state index is -1.31. The fourth-order valence-corrected chi connectivity index (χ4v) is 18.0. The molecule has 0 bridgehead atoms. The maximum atomic E-state index is 15.2. The van der Waals surface area contributed by atoms with Gasteiger partial charge in [-0.15, -0.1) is 0 Å². The van der Waals surface area contributed by atoms with Gasteiger partial charge in [0.15, 0.2) is 17.3 Å². The number of methoxy groups -OCH3 is 1. The number of dihydropyridines is 1. The van der Waals surface area contributed by atoms with Gasteiger partial charge in [0.05, 0.1) is 31.2 Å². The first kappa shape index (κ1) is 49.2. The number of allylic oxidation sites excluding steroid dienone is 2. The summed E-state index contributed by atoms with van der Waals surface area (Å²) in [5.41, 5.74) is 12.7. The fraction of sp³-hybridized carbons (Fsp3) is 0.556. The number of carbonyl (C=O) groups is 2. The van der Waals surface area contributed by atoms with E-state index in [0.717, 1.165) is 79.2 Å². The highest BCUT2D eigenvalue weighted by molar-refractivity contribution is 5.89. The number of ether oxygens (including phenoxy) is 1. The number of aryl methyl sites for hydroxylation is 2. The number of hydrogen-bond acceptors (Lipinski definition) is 11. The molecule has 1 spiro atoms. The van der Waals surface area contributed by atoms with E-state index in [2.05, 4.69) is 82.3 Å². The normalized spacial score (nSPS) is 36.3. The summed E-state index contributed by atoms with van der Waals surface area (Å²) in [6.07, 6.45) is 9.23. The molecule has 3 heterocycles. The second-order valence-corrected chi connectivity index (χ2v) is 24.3. The Hall–Kier alpha value is -5.42. The van der Waals surface area contributed by atoms with E-state index in [1.165, 1.54) is 23.9 Å². The van der Waals surface area contributed by atoms with Gasteiger partial charge in [-0.3, -0.25) is 9.59 Å². The minimum absolute atomic E-state index is 0.0380. The number of rotatable bonds is 11. The highest BCUT2D eigenvalue weighted by Gasteiger charge is 2.67. The summed E-state index contributed by atoms with van der Waals surface area (Å²) in [7, 11) is 1.51. The van der Waals surface area contributed by atoms with Crippen LogP contribution in [0.4, 0.5) is 0 Å². The molecular formula is C63H75N5O7. The Bertz CT molecular complexity index is 3040. The summed E-state index contributed by atoms with van der Waals surface area (Å²) in [6.45, 7) is 5.44. The number of aromatic nitrogens is 1. The number of fused-ring (bicyclic) bond motifs is 7. The van der Waals surface area contributed by atoms with Gasteiger partial charge in [0.2, 0.25) is 0 Å². The van der Waals surface area contributed by atoms with Gasteiger partial charge in [-0.25, -0.2) is 0 Å². The van der Waals surface area contributed by atoms with E-state index in [9.17, 15) is 25.2 Å². The average Bonchev–Trinajstić information content (AvgIpc) is 3.88. The van der Waals surface area contributed by atoms with Crippen molar-refractivity contribution in [3.63, 3.8) is 0 Å². The Kier molecular flexibility index (Phi) is 12.6. The van der Waals surface area contributed by atoms with Crippen LogP contribution in [0, 0.1) is 70.5 Å². The number of phenols is 1. The largest absolute Gasteiger partial charge is 0.504 e. The van der Waals surface area contributed by atoms with Crippen LogP contribution >= 0.6 is 0 Å². The number of Topliss-reactive ketones (excluding diaryl/α,β-unsaturated/α-hetero) is 2. The first-order chi connectivity index (χ1) is 36.5. The first-order valence-corrected chi connectivity index (χ1v) is 28.5. The third kappa shape index (κ3) is 7.95. The monoisotopic (exact) mass is 1010 g/mol. The van der Waals surface area contributed by atoms with Gasteiger partial charge in [0, 0.05) is 66.9 Å². The molecule has 12 nitrogen and oxygen atoms in total. The number of nitrogens with two attached hydrogens (primary N) is 1. The molecule has 0 amide bonds. The van der Waals surface area contributed by atoms with Crippen LogP contribution in [0.1, 0.15) is 122 Å². The van der Waals surface area contributed by atoms with Crippen molar-refractivity contribution in [2.24, 2.45) is 64.4 Å². The number of piperidine rings is 1. The van der Waals surface area contributed by atoms with Crippen molar-refractivity contribution in [1.82, 2.24) is 20.9 Å². The Morgan fingerprint density at radius 1 is 0.907 bits per heavy atom. The van der Waals surface area contributed by atoms with Gasteiger partial charge in [0.1, 0.15) is 11.2 Å². The van der Waals surface area contributed by atoms with Gasteiger partial charge in [-0.05, 0) is 187 Å². The molecule has 13 rings (SSSR count). The molecule has 18 atom stereocenters. The smallest absolute Gasteiger partial charge is 0.160 e. The first-order valence-electron chi connectivity index (χ1n) is 28.5. The van der Waals surface area contributed by atoms with Crippen LogP contribution < -0.4 is 26.4 Å². The van der Waals surface area contributed by atoms with Crippen molar-refractivity contribution < 1.29 is 34.8 Å². The average molecular weight is 1010 g/mol. The van der Waals surface area contributed by atoms with E-state index < -0.39 is 29.6 Å². The zero-order valence-electron chi connectivity index (χ0n) is 43.4. The molecule has 1 saturated heterocycles. The summed E-state index contributed by atoms with van der Waals surface area (Å²) in [4.78, 5) is 32.9. The fourth-order valence-electron chi connectivity index (χ4n) is 18.0. The molecule has 12 heteroatoms. The van der Waals surface area contributed by atoms with Crippen LogP contribution in [-0.2, 0) is 22.4 Å². The molecule has 10 N–H and O–H groups in total. The van der Waals surface area contributed by atoms with Crippen molar-refractivity contribution in [3.8, 4) is 23.3 Å². The van der Waals surface area contributed by atoms with Crippen LogP contribution in [0.3, 0.4) is 0 Å². The topological polar surface area (TPSA) is 202 Å². The molecule has 1 aromatic heterocycles. The van der Waals surface area contributed by atoms with Crippen molar-refractivity contribution in [2.75, 3.05) is 33.3 Å². The number of benzene rings is 3. The van der Waals surface area contributed by atoms with Crippen LogP contribution in [0.5, 0.6) is 11.5 Å². The highest BCUT2D eigenvalue weighted by atomic mass is 16.5. The number of ketones is 2. The van der Waals surface area contributed by atoms with E-state index in [1.807, 2.05) is 18.2 Å². The van der Waals surface area contributed by atoms with E-state index >= 15 is 4.79 Å². The van der Waals surface area contributed by atoms with Gasteiger partial charge < -0.3 is 51.8 Å². The molecule has 4 saturated carbocycles. The van der Waals surface area contributed by atoms with Crippen LogP contribution in [0.25, 0.3) is 10.8 Å². The van der Waals surface area contributed by atoms with Crippen LogP contribution in [0.15, 0.2) is 84.3 Å². The van der Waals surface area contributed by atoms with Gasteiger partial charge in [-0.2, -0.15) is 0 Å². The maximum absolute atomic E-state index is 15.2. The van der Waals surface area contributed by atoms with Crippen molar-refractivity contribution in [1.29, 1.82) is 0 Å². The number of aromatic hydroxyl groups is 1. The zero-order chi connectivity index (χ0) is 51.4. The van der Waals surface area contributed by atoms with Crippen molar-refractivity contribution in [2.45, 2.75) is 126 Å². The number of nitrogens with one attached hydrogen (secondary N) is 4. The molecule has 9 aliphatic rings.